The average molecular weight is 416 g/mol. The molecule has 2 aromatic heterocycles. The predicted molar refractivity (Wildman–Crippen MR) is 124 cm³/mol. The molecule has 0 spiro atoms. The Morgan fingerprint density at radius 3 is 2.53 bits per heavy atom. The molecule has 0 radical (unpaired) electrons. The summed E-state index contributed by atoms with van der Waals surface area (Å²) >= 11 is 1.59. The van der Waals surface area contributed by atoms with Crippen LogP contribution in [0.15, 0.2) is 71.7 Å². The molecule has 4 aromatic rings. The van der Waals surface area contributed by atoms with Gasteiger partial charge in [0.05, 0.1) is 30.9 Å². The molecule has 0 unspecified atom stereocenters. The molecule has 2 aromatic carbocycles. The highest BCUT2D eigenvalue weighted by atomic mass is 32.1. The first-order chi connectivity index (χ1) is 14.5. The fourth-order valence-corrected chi connectivity index (χ4v) is 4.07. The van der Waals surface area contributed by atoms with E-state index in [4.69, 9.17) is 4.98 Å². The second-order valence-electron chi connectivity index (χ2n) is 7.06. The molecule has 6 heteroatoms. The summed E-state index contributed by atoms with van der Waals surface area (Å²) < 4.78 is 3.19. The molecule has 4 rings (SSSR count). The van der Waals surface area contributed by atoms with E-state index in [1.54, 1.807) is 40.8 Å². The molecule has 2 heterocycles. The van der Waals surface area contributed by atoms with Crippen molar-refractivity contribution in [1.29, 1.82) is 0 Å². The number of benzene rings is 2. The Labute approximate surface area is 179 Å². The van der Waals surface area contributed by atoms with Crippen molar-refractivity contribution >= 4 is 34.3 Å². The topological polar surface area (TPSA) is 50.8 Å². The number of para-hydroxylation sites is 1. The van der Waals surface area contributed by atoms with Gasteiger partial charge in [-0.1, -0.05) is 59.9 Å². The zero-order chi connectivity index (χ0) is 21.1. The van der Waals surface area contributed by atoms with Gasteiger partial charge in [-0.2, -0.15) is 9.36 Å². The molecular formula is C24H23N4OS+. The van der Waals surface area contributed by atoms with Crippen LogP contribution in [-0.4, -0.2) is 9.55 Å². The van der Waals surface area contributed by atoms with Gasteiger partial charge in [-0.15, -0.1) is 0 Å². The van der Waals surface area contributed by atoms with E-state index in [1.165, 1.54) is 5.56 Å². The first-order valence-electron chi connectivity index (χ1n) is 9.65. The molecule has 150 valence electrons. The van der Waals surface area contributed by atoms with E-state index in [0.29, 0.717) is 0 Å². The third-order valence-electron chi connectivity index (χ3n) is 4.94. The maximum absolute atomic E-state index is 12.2. The summed E-state index contributed by atoms with van der Waals surface area (Å²) in [4.78, 5) is 18.1. The Balaban J connectivity index is 1.74. The highest BCUT2D eigenvalue weighted by Gasteiger charge is 2.13. The smallest absolute Gasteiger partial charge is 0.331 e. The van der Waals surface area contributed by atoms with Gasteiger partial charge in [0, 0.05) is 17.3 Å². The lowest BCUT2D eigenvalue weighted by atomic mass is 10.1. The van der Waals surface area contributed by atoms with Gasteiger partial charge in [-0.05, 0) is 30.7 Å². The lowest BCUT2D eigenvalue weighted by Gasteiger charge is -2.05. The van der Waals surface area contributed by atoms with Gasteiger partial charge in [-0.3, -0.25) is 0 Å². The van der Waals surface area contributed by atoms with Gasteiger partial charge in [0.2, 0.25) is 0 Å². The minimum Gasteiger partial charge on any atom is -0.331 e. The first-order valence-corrected chi connectivity index (χ1v) is 10.5. The number of aryl methyl sites for hydroxylation is 2. The molecule has 1 N–H and O–H groups in total. The zero-order valence-corrected chi connectivity index (χ0v) is 18.0. The van der Waals surface area contributed by atoms with Crippen LogP contribution < -0.4 is 15.6 Å². The number of thiazole rings is 1. The monoisotopic (exact) mass is 415 g/mol. The van der Waals surface area contributed by atoms with Gasteiger partial charge in [0.15, 0.2) is 5.13 Å². The first kappa shape index (κ1) is 19.8. The molecule has 0 fully saturated rings. The largest absolute Gasteiger partial charge is 0.497 e. The maximum Gasteiger partial charge on any atom is 0.497 e. The van der Waals surface area contributed by atoms with E-state index in [1.807, 2.05) is 54.6 Å². The number of hydrogen-bond acceptors (Lipinski definition) is 4. The minimum absolute atomic E-state index is 0.0633. The van der Waals surface area contributed by atoms with Crippen molar-refractivity contribution in [3.63, 3.8) is 0 Å². The predicted octanol–water partition coefficient (Wildman–Crippen LogP) is 4.56. The Morgan fingerprint density at radius 1 is 1.03 bits per heavy atom. The van der Waals surface area contributed by atoms with Crippen LogP contribution in [0.1, 0.15) is 16.1 Å². The van der Waals surface area contributed by atoms with Gasteiger partial charge in [0.25, 0.3) is 0 Å². The fourth-order valence-electron chi connectivity index (χ4n) is 3.17. The van der Waals surface area contributed by atoms with Gasteiger partial charge in [0.1, 0.15) is 5.69 Å². The zero-order valence-electron chi connectivity index (χ0n) is 17.2. The number of anilines is 2. The van der Waals surface area contributed by atoms with Crippen molar-refractivity contribution < 1.29 is 4.57 Å². The summed E-state index contributed by atoms with van der Waals surface area (Å²) in [6.07, 6.45) is 5.76. The molecule has 0 atom stereocenters. The van der Waals surface area contributed by atoms with Crippen LogP contribution in [0, 0.1) is 6.92 Å². The van der Waals surface area contributed by atoms with Crippen molar-refractivity contribution in [2.24, 2.45) is 14.1 Å². The Kier molecular flexibility index (Phi) is 5.59. The van der Waals surface area contributed by atoms with E-state index in [9.17, 15) is 4.79 Å². The number of nitrogens with one attached hydrogen (secondary N) is 1. The number of nitrogens with zero attached hydrogens (tertiary/aromatic N) is 3. The van der Waals surface area contributed by atoms with Crippen molar-refractivity contribution in [2.45, 2.75) is 6.92 Å². The average Bonchev–Trinajstić information content (AvgIpc) is 3.16. The van der Waals surface area contributed by atoms with E-state index < -0.39 is 0 Å². The van der Waals surface area contributed by atoms with Crippen LogP contribution in [0.4, 0.5) is 10.8 Å². The Bertz CT molecular complexity index is 1270. The SMILES string of the molecule is Cc1ccccc1Nc1nc(-c2ccccc2)c(C=Cc2cc[n+](C)c(=O)n2C)s1. The molecule has 0 bridgehead atoms. The highest BCUT2D eigenvalue weighted by Crippen LogP contribution is 2.34. The van der Waals surface area contributed by atoms with Crippen LogP contribution in [0.3, 0.4) is 0 Å². The third-order valence-corrected chi connectivity index (χ3v) is 5.87. The maximum atomic E-state index is 12.2. The van der Waals surface area contributed by atoms with E-state index in [0.717, 1.165) is 32.6 Å². The normalized spacial score (nSPS) is 11.2. The second-order valence-corrected chi connectivity index (χ2v) is 8.09. The molecule has 0 aliphatic heterocycles. The minimum atomic E-state index is -0.0633. The molecule has 0 amide bonds. The Hall–Kier alpha value is -3.51. The standard InChI is InChI=1S/C24H22N4OS/c1-17-9-7-8-12-20(17)25-23-26-22(18-10-5-4-6-11-18)21(30-23)14-13-19-15-16-27(2)24(29)28(19)3/h4-16H,1-3H3/p+1. The lowest BCUT2D eigenvalue weighted by Crippen LogP contribution is -2.50. The number of hydrogen-bond donors (Lipinski definition) is 1. The van der Waals surface area contributed by atoms with Crippen molar-refractivity contribution in [3.8, 4) is 11.3 Å². The van der Waals surface area contributed by atoms with Gasteiger partial charge in [-0.25, -0.2) is 9.55 Å². The fraction of sp³-hybridized carbons (Fsp3) is 0.125. The van der Waals surface area contributed by atoms with Crippen LogP contribution in [-0.2, 0) is 14.1 Å². The quantitative estimate of drug-likeness (QED) is 0.486. The van der Waals surface area contributed by atoms with Gasteiger partial charge < -0.3 is 5.32 Å². The van der Waals surface area contributed by atoms with E-state index >= 15 is 0 Å². The summed E-state index contributed by atoms with van der Waals surface area (Å²) in [6.45, 7) is 2.07. The Morgan fingerprint density at radius 2 is 1.77 bits per heavy atom. The summed E-state index contributed by atoms with van der Waals surface area (Å²) in [5.74, 6) is 0. The van der Waals surface area contributed by atoms with E-state index in [-0.39, 0.29) is 5.69 Å². The molecule has 0 aliphatic rings. The summed E-state index contributed by atoms with van der Waals surface area (Å²) in [5.41, 5.74) is 4.95. The summed E-state index contributed by atoms with van der Waals surface area (Å²) in [7, 11) is 3.52. The van der Waals surface area contributed by atoms with Crippen LogP contribution in [0.2, 0.25) is 0 Å². The molecule has 0 saturated carbocycles. The van der Waals surface area contributed by atoms with Crippen LogP contribution in [0.25, 0.3) is 23.4 Å². The summed E-state index contributed by atoms with van der Waals surface area (Å²) in [6, 6.07) is 20.2. The molecule has 5 nitrogen and oxygen atoms in total. The lowest BCUT2D eigenvalue weighted by molar-refractivity contribution is -0.690. The summed E-state index contributed by atoms with van der Waals surface area (Å²) in [5, 5.41) is 4.27. The van der Waals surface area contributed by atoms with Crippen molar-refractivity contribution in [1.82, 2.24) is 9.55 Å². The van der Waals surface area contributed by atoms with Crippen LogP contribution in [0.5, 0.6) is 0 Å². The van der Waals surface area contributed by atoms with Crippen molar-refractivity contribution in [3.05, 3.63) is 93.5 Å². The molecule has 0 saturated heterocycles. The molecular weight excluding hydrogens is 392 g/mol. The molecule has 30 heavy (non-hydrogen) atoms. The van der Waals surface area contributed by atoms with Crippen LogP contribution >= 0.6 is 11.3 Å². The molecule has 0 aliphatic carbocycles. The number of rotatable bonds is 5. The number of aromatic nitrogens is 3. The van der Waals surface area contributed by atoms with Gasteiger partial charge >= 0.3 is 5.69 Å². The second kappa shape index (κ2) is 8.47. The van der Waals surface area contributed by atoms with Crippen molar-refractivity contribution in [2.75, 3.05) is 5.32 Å². The highest BCUT2D eigenvalue weighted by molar-refractivity contribution is 7.17. The third kappa shape index (κ3) is 4.09. The van der Waals surface area contributed by atoms with E-state index in [2.05, 4.69) is 30.4 Å².